The molecule has 1 aliphatic rings. The summed E-state index contributed by atoms with van der Waals surface area (Å²) in [5, 5.41) is 13.4. The summed E-state index contributed by atoms with van der Waals surface area (Å²) < 4.78 is 0. The van der Waals surface area contributed by atoms with Gasteiger partial charge >= 0.3 is 6.03 Å². The number of fused-ring (bicyclic) bond motifs is 2. The molecular weight excluding hydrogens is 580 g/mol. The number of ketones is 1. The number of nitrogens with zero attached hydrogens (tertiary/aromatic N) is 3. The molecule has 0 aromatic heterocycles. The Bertz CT molecular complexity index is 1650. The number of rotatable bonds is 11. The molecular formula is C31H34N8O6. The Labute approximate surface area is 259 Å². The standard InChI is InChI=1S/C31H34N8O6/c1-19(40)14-21(15-34-37-31(32)45)35-27(41)18-39-26-13-6-5-12-25(26)38(28(42)16-33-2)17-24(30(39)44)36-29(43)23-11-7-9-20-8-3-4-10-22(20)23/h3-13,15,21,24,33H,14,16-18H2,1-2H3,(H,35,41)(H,36,43)(H3,32,37,45)/b34-15+/t21-,24-/m0/s1. The first-order valence-electron chi connectivity index (χ1n) is 14.1. The third-order valence-electron chi connectivity index (χ3n) is 6.95. The van der Waals surface area contributed by atoms with Crippen LogP contribution in [0.5, 0.6) is 0 Å². The lowest BCUT2D eigenvalue weighted by Crippen LogP contribution is -2.55. The lowest BCUT2D eigenvalue weighted by atomic mass is 10.0. The number of benzene rings is 3. The summed E-state index contributed by atoms with van der Waals surface area (Å²) in [6, 6.07) is 16.1. The Morgan fingerprint density at radius 2 is 1.69 bits per heavy atom. The molecule has 6 N–H and O–H groups in total. The SMILES string of the molecule is CNCC(=O)N1C[C@H](NC(=O)c2cccc3ccccc23)C(=O)N(CC(=O)N[C@H](/C=N/NC(N)=O)CC(C)=O)c2ccccc21. The topological polar surface area (TPSA) is 195 Å². The first-order valence-corrected chi connectivity index (χ1v) is 14.1. The number of nitrogens with one attached hydrogen (secondary N) is 4. The Morgan fingerprint density at radius 3 is 2.40 bits per heavy atom. The van der Waals surface area contributed by atoms with Crippen LogP contribution in [0.25, 0.3) is 10.8 Å². The maximum atomic E-state index is 14.1. The van der Waals surface area contributed by atoms with Crippen molar-refractivity contribution in [3.05, 3.63) is 72.3 Å². The van der Waals surface area contributed by atoms with Crippen molar-refractivity contribution in [1.29, 1.82) is 0 Å². The zero-order chi connectivity index (χ0) is 32.5. The minimum Gasteiger partial charge on any atom is -0.350 e. The van der Waals surface area contributed by atoms with Gasteiger partial charge in [-0.1, -0.05) is 48.5 Å². The number of Topliss-reactive ketones (excluding diaryl/α,β-unsaturated/α-hetero) is 1. The average molecular weight is 615 g/mol. The number of hydrogen-bond donors (Lipinski definition) is 5. The number of urea groups is 1. The molecule has 0 bridgehead atoms. The van der Waals surface area contributed by atoms with Crippen LogP contribution in [0.2, 0.25) is 0 Å². The molecule has 14 heteroatoms. The van der Waals surface area contributed by atoms with Crippen LogP contribution in [0.15, 0.2) is 71.8 Å². The van der Waals surface area contributed by atoms with E-state index in [-0.39, 0.29) is 36.9 Å². The summed E-state index contributed by atoms with van der Waals surface area (Å²) in [5.74, 6) is -2.44. The van der Waals surface area contributed by atoms with Gasteiger partial charge in [-0.3, -0.25) is 28.9 Å². The molecule has 14 nitrogen and oxygen atoms in total. The average Bonchev–Trinajstić information content (AvgIpc) is 3.11. The molecule has 0 radical (unpaired) electrons. The Morgan fingerprint density at radius 1 is 1.00 bits per heavy atom. The van der Waals surface area contributed by atoms with Crippen LogP contribution in [-0.4, -0.2) is 80.4 Å². The van der Waals surface area contributed by atoms with Gasteiger partial charge in [0.1, 0.15) is 18.4 Å². The zero-order valence-electron chi connectivity index (χ0n) is 24.8. The molecule has 1 aliphatic heterocycles. The molecule has 0 saturated carbocycles. The Hall–Kier alpha value is -5.63. The number of para-hydroxylation sites is 2. The highest BCUT2D eigenvalue weighted by Crippen LogP contribution is 2.33. The number of nitrogens with two attached hydrogens (primary N) is 1. The van der Waals surface area contributed by atoms with E-state index in [1.54, 1.807) is 55.6 Å². The fourth-order valence-electron chi connectivity index (χ4n) is 5.04. The Balaban J connectivity index is 1.68. The quantitative estimate of drug-likeness (QED) is 0.154. The predicted molar refractivity (Wildman–Crippen MR) is 169 cm³/mol. The summed E-state index contributed by atoms with van der Waals surface area (Å²) in [6.45, 7) is 0.570. The lowest BCUT2D eigenvalue weighted by molar-refractivity contribution is -0.125. The number of primary amides is 1. The van der Waals surface area contributed by atoms with Gasteiger partial charge in [0, 0.05) is 18.2 Å². The van der Waals surface area contributed by atoms with E-state index >= 15 is 0 Å². The monoisotopic (exact) mass is 614 g/mol. The highest BCUT2D eigenvalue weighted by Gasteiger charge is 2.38. The molecule has 2 atom stereocenters. The van der Waals surface area contributed by atoms with Crippen LogP contribution in [-0.2, 0) is 19.2 Å². The van der Waals surface area contributed by atoms with Crippen molar-refractivity contribution in [2.24, 2.45) is 10.8 Å². The van der Waals surface area contributed by atoms with Gasteiger partial charge in [-0.05, 0) is 42.9 Å². The number of hydrogen-bond acceptors (Lipinski definition) is 8. The van der Waals surface area contributed by atoms with Crippen molar-refractivity contribution in [2.75, 3.05) is 36.5 Å². The molecule has 234 valence electrons. The number of anilines is 2. The summed E-state index contributed by atoms with van der Waals surface area (Å²) in [6.07, 6.45) is 1.00. The van der Waals surface area contributed by atoms with Gasteiger partial charge in [0.2, 0.25) is 11.8 Å². The van der Waals surface area contributed by atoms with E-state index < -0.39 is 42.4 Å². The van der Waals surface area contributed by atoms with Crippen molar-refractivity contribution in [3.63, 3.8) is 0 Å². The van der Waals surface area contributed by atoms with Crippen LogP contribution in [0.1, 0.15) is 23.7 Å². The van der Waals surface area contributed by atoms with E-state index in [1.165, 1.54) is 16.7 Å². The largest absolute Gasteiger partial charge is 0.350 e. The molecule has 4 rings (SSSR count). The van der Waals surface area contributed by atoms with Crippen molar-refractivity contribution >= 4 is 63.8 Å². The maximum absolute atomic E-state index is 14.1. The highest BCUT2D eigenvalue weighted by molar-refractivity contribution is 6.13. The third-order valence-corrected chi connectivity index (χ3v) is 6.95. The van der Waals surface area contributed by atoms with Crippen molar-refractivity contribution < 1.29 is 28.8 Å². The minimum absolute atomic E-state index is 0.0433. The fourth-order valence-corrected chi connectivity index (χ4v) is 5.04. The van der Waals surface area contributed by atoms with E-state index in [0.717, 1.165) is 11.6 Å². The molecule has 3 aromatic carbocycles. The number of carbonyl (C=O) groups excluding carboxylic acids is 6. The fraction of sp³-hybridized carbons (Fsp3) is 0.258. The number of likely N-dealkylation sites (N-methyl/N-ethyl adjacent to an activating group) is 1. The zero-order valence-corrected chi connectivity index (χ0v) is 24.8. The van der Waals surface area contributed by atoms with Crippen molar-refractivity contribution in [3.8, 4) is 0 Å². The molecule has 1 heterocycles. The summed E-state index contributed by atoms with van der Waals surface area (Å²) in [4.78, 5) is 79.7. The third kappa shape index (κ3) is 8.06. The summed E-state index contributed by atoms with van der Waals surface area (Å²) in [7, 11) is 1.61. The summed E-state index contributed by atoms with van der Waals surface area (Å²) in [5.41, 5.74) is 8.01. The molecule has 0 spiro atoms. The van der Waals surface area contributed by atoms with Gasteiger partial charge < -0.3 is 26.6 Å². The normalized spacial score (nSPS) is 15.2. The molecule has 6 amide bonds. The molecule has 0 fully saturated rings. The predicted octanol–water partition coefficient (Wildman–Crippen LogP) is 0.655. The lowest BCUT2D eigenvalue weighted by Gasteiger charge is -2.26. The van der Waals surface area contributed by atoms with Crippen LogP contribution in [0.3, 0.4) is 0 Å². The summed E-state index contributed by atoms with van der Waals surface area (Å²) >= 11 is 0. The molecule has 3 aromatic rings. The van der Waals surface area contributed by atoms with Crippen LogP contribution < -0.4 is 36.9 Å². The molecule has 0 unspecified atom stereocenters. The van der Waals surface area contributed by atoms with Crippen molar-refractivity contribution in [1.82, 2.24) is 21.4 Å². The second-order valence-electron chi connectivity index (χ2n) is 10.3. The van der Waals surface area contributed by atoms with E-state index in [4.69, 9.17) is 5.73 Å². The van der Waals surface area contributed by atoms with Gasteiger partial charge in [0.05, 0.1) is 30.5 Å². The van der Waals surface area contributed by atoms with Gasteiger partial charge in [0.15, 0.2) is 0 Å². The van der Waals surface area contributed by atoms with Gasteiger partial charge in [-0.2, -0.15) is 5.10 Å². The highest BCUT2D eigenvalue weighted by atomic mass is 16.2. The molecule has 0 aliphatic carbocycles. The maximum Gasteiger partial charge on any atom is 0.332 e. The molecule has 0 saturated heterocycles. The van der Waals surface area contributed by atoms with Crippen molar-refractivity contribution in [2.45, 2.75) is 25.4 Å². The van der Waals surface area contributed by atoms with E-state index in [1.807, 2.05) is 23.6 Å². The van der Waals surface area contributed by atoms with Gasteiger partial charge in [0.25, 0.3) is 11.8 Å². The first-order chi connectivity index (χ1) is 21.6. The number of hydrazone groups is 1. The second kappa shape index (κ2) is 14.7. The van der Waals surface area contributed by atoms with Gasteiger partial charge in [-0.25, -0.2) is 10.2 Å². The van der Waals surface area contributed by atoms with Crippen LogP contribution in [0.4, 0.5) is 16.2 Å². The number of carbonyl (C=O) groups is 6. The van der Waals surface area contributed by atoms with Gasteiger partial charge in [-0.15, -0.1) is 0 Å². The molecule has 45 heavy (non-hydrogen) atoms. The van der Waals surface area contributed by atoms with E-state index in [0.29, 0.717) is 16.6 Å². The smallest absolute Gasteiger partial charge is 0.332 e. The number of amides is 6. The Kier molecular flexibility index (Phi) is 10.5. The van der Waals surface area contributed by atoms with E-state index in [2.05, 4.69) is 21.1 Å². The first kappa shape index (κ1) is 32.3. The van der Waals surface area contributed by atoms with E-state index in [9.17, 15) is 28.8 Å². The van der Waals surface area contributed by atoms with Crippen LogP contribution in [0, 0.1) is 0 Å². The van der Waals surface area contributed by atoms with Crippen LogP contribution >= 0.6 is 0 Å². The minimum atomic E-state index is -1.23. The second-order valence-corrected chi connectivity index (χ2v) is 10.3.